The van der Waals surface area contributed by atoms with Crippen LogP contribution in [-0.4, -0.2) is 45.8 Å². The molecule has 8 heteroatoms. The molecule has 3 aromatic heterocycles. The number of nitrogens with zero attached hydrogens (tertiary/aromatic N) is 5. The molecule has 8 nitrogen and oxygen atoms in total. The Bertz CT molecular complexity index is 1440. The fourth-order valence-electron chi connectivity index (χ4n) is 3.99. The first-order chi connectivity index (χ1) is 16.5. The van der Waals surface area contributed by atoms with E-state index in [0.29, 0.717) is 23.1 Å². The van der Waals surface area contributed by atoms with Gasteiger partial charge in [-0.15, -0.1) is 0 Å². The molecule has 1 N–H and O–H groups in total. The number of benzene rings is 2. The summed E-state index contributed by atoms with van der Waals surface area (Å²) in [6.07, 6.45) is 5.17. The smallest absolute Gasteiger partial charge is 0.234 e. The van der Waals surface area contributed by atoms with Gasteiger partial charge in [0, 0.05) is 38.1 Å². The zero-order valence-electron chi connectivity index (χ0n) is 19.6. The number of hydrogen-bond donors (Lipinski definition) is 1. The molecule has 0 atom stereocenters. The van der Waals surface area contributed by atoms with E-state index in [4.69, 9.17) is 9.15 Å². The predicted molar refractivity (Wildman–Crippen MR) is 133 cm³/mol. The van der Waals surface area contributed by atoms with Crippen LogP contribution in [-0.2, 0) is 13.6 Å². The average molecular weight is 455 g/mol. The second-order valence-electron chi connectivity index (χ2n) is 8.38. The molecule has 0 saturated heterocycles. The Kier molecular flexibility index (Phi) is 5.73. The first-order valence-corrected chi connectivity index (χ1v) is 11.0. The number of anilines is 1. The lowest BCUT2D eigenvalue weighted by molar-refractivity contribution is 0.402. The van der Waals surface area contributed by atoms with Crippen molar-refractivity contribution in [2.45, 2.75) is 6.54 Å². The van der Waals surface area contributed by atoms with Crippen molar-refractivity contribution in [2.75, 3.05) is 26.5 Å². The van der Waals surface area contributed by atoms with Crippen molar-refractivity contribution in [2.24, 2.45) is 7.05 Å². The summed E-state index contributed by atoms with van der Waals surface area (Å²) in [6.45, 7) is 0.823. The van der Waals surface area contributed by atoms with E-state index < -0.39 is 0 Å². The predicted octanol–water partition coefficient (Wildman–Crippen LogP) is 5.19. The van der Waals surface area contributed by atoms with Gasteiger partial charge in [-0.1, -0.05) is 18.2 Å². The molecule has 172 valence electrons. The Labute approximate surface area is 197 Å². The Morgan fingerprint density at radius 2 is 1.88 bits per heavy atom. The first-order valence-electron chi connectivity index (χ1n) is 11.0. The van der Waals surface area contributed by atoms with Crippen LogP contribution in [0, 0.1) is 0 Å². The molecule has 0 saturated carbocycles. The summed E-state index contributed by atoms with van der Waals surface area (Å²) in [6, 6.07) is 16.1. The molecular formula is C26H26N6O2. The van der Waals surface area contributed by atoms with Crippen molar-refractivity contribution in [1.82, 2.24) is 24.6 Å². The maximum Gasteiger partial charge on any atom is 0.234 e. The number of nitrogens with one attached hydrogen (secondary N) is 1. The molecule has 0 aliphatic carbocycles. The highest BCUT2D eigenvalue weighted by molar-refractivity contribution is 6.03. The Hall–Kier alpha value is -4.17. The number of furan rings is 1. The van der Waals surface area contributed by atoms with Crippen LogP contribution in [0.1, 0.15) is 5.56 Å². The molecule has 0 unspecified atom stereocenters. The van der Waals surface area contributed by atoms with Crippen molar-refractivity contribution < 1.29 is 9.15 Å². The number of aromatic nitrogens is 4. The number of ether oxygens (including phenoxy) is 1. The van der Waals surface area contributed by atoms with E-state index in [1.54, 1.807) is 10.9 Å². The molecule has 0 fully saturated rings. The lowest BCUT2D eigenvalue weighted by Crippen LogP contribution is -2.10. The maximum absolute atomic E-state index is 6.28. The van der Waals surface area contributed by atoms with Gasteiger partial charge in [-0.2, -0.15) is 5.10 Å². The van der Waals surface area contributed by atoms with Gasteiger partial charge in [0.2, 0.25) is 11.6 Å². The summed E-state index contributed by atoms with van der Waals surface area (Å²) in [5, 5.41) is 8.17. The average Bonchev–Trinajstić information content (AvgIpc) is 3.43. The van der Waals surface area contributed by atoms with E-state index in [0.717, 1.165) is 34.3 Å². The van der Waals surface area contributed by atoms with Gasteiger partial charge in [0.05, 0.1) is 11.8 Å². The van der Waals surface area contributed by atoms with E-state index in [1.165, 1.54) is 11.9 Å². The number of hydrogen-bond acceptors (Lipinski definition) is 7. The SMILES string of the molecule is CNc1ccc(Oc2ncnc3oc(-c4cnn(C)c4)c(-c4cccc(CN(C)C)c4)c23)cc1. The van der Waals surface area contributed by atoms with Gasteiger partial charge in [-0.3, -0.25) is 4.68 Å². The van der Waals surface area contributed by atoms with Crippen LogP contribution in [0.5, 0.6) is 11.6 Å². The molecule has 3 heterocycles. The largest absolute Gasteiger partial charge is 0.438 e. The standard InChI is InChI=1S/C26H26N6O2/c1-27-20-8-10-21(11-9-20)33-25-23-22(18-7-5-6-17(12-18)14-31(2)3)24(19-13-30-32(4)15-19)34-26(23)29-16-28-25/h5-13,15-16,27H,14H2,1-4H3. The van der Waals surface area contributed by atoms with Crippen LogP contribution in [0.25, 0.3) is 33.6 Å². The highest BCUT2D eigenvalue weighted by atomic mass is 16.5. The van der Waals surface area contributed by atoms with Crippen LogP contribution in [0.4, 0.5) is 5.69 Å². The third-order valence-electron chi connectivity index (χ3n) is 5.49. The summed E-state index contributed by atoms with van der Waals surface area (Å²) in [7, 11) is 7.87. The molecule has 0 spiro atoms. The molecule has 0 aliphatic rings. The third kappa shape index (κ3) is 4.23. The number of rotatable bonds is 7. The molecule has 0 aliphatic heterocycles. The van der Waals surface area contributed by atoms with Gasteiger partial charge in [0.25, 0.3) is 0 Å². The van der Waals surface area contributed by atoms with Gasteiger partial charge < -0.3 is 19.4 Å². The summed E-state index contributed by atoms with van der Waals surface area (Å²) in [5.41, 5.74) is 5.39. The summed E-state index contributed by atoms with van der Waals surface area (Å²) >= 11 is 0. The van der Waals surface area contributed by atoms with Gasteiger partial charge in [-0.25, -0.2) is 9.97 Å². The molecule has 2 aromatic carbocycles. The lowest BCUT2D eigenvalue weighted by atomic mass is 9.99. The molecule has 0 radical (unpaired) electrons. The normalized spacial score (nSPS) is 11.3. The molecule has 34 heavy (non-hydrogen) atoms. The maximum atomic E-state index is 6.28. The minimum Gasteiger partial charge on any atom is -0.438 e. The number of fused-ring (bicyclic) bond motifs is 1. The quantitative estimate of drug-likeness (QED) is 0.363. The van der Waals surface area contributed by atoms with E-state index in [1.807, 2.05) is 44.6 Å². The van der Waals surface area contributed by atoms with Crippen molar-refractivity contribution in [1.29, 1.82) is 0 Å². The molecule has 0 amide bonds. The second-order valence-corrected chi connectivity index (χ2v) is 8.38. The monoisotopic (exact) mass is 454 g/mol. The summed E-state index contributed by atoms with van der Waals surface area (Å²) in [4.78, 5) is 11.0. The zero-order valence-corrected chi connectivity index (χ0v) is 19.6. The van der Waals surface area contributed by atoms with E-state index in [9.17, 15) is 0 Å². The van der Waals surface area contributed by atoms with Gasteiger partial charge >= 0.3 is 0 Å². The molecule has 5 aromatic rings. The van der Waals surface area contributed by atoms with E-state index in [-0.39, 0.29) is 0 Å². The fraction of sp³-hybridized carbons (Fsp3) is 0.192. The molecule has 5 rings (SSSR count). The highest BCUT2D eigenvalue weighted by Gasteiger charge is 2.24. The molecular weight excluding hydrogens is 428 g/mol. The lowest BCUT2D eigenvalue weighted by Gasteiger charge is -2.12. The van der Waals surface area contributed by atoms with Crippen LogP contribution < -0.4 is 10.1 Å². The van der Waals surface area contributed by atoms with Crippen molar-refractivity contribution >= 4 is 16.8 Å². The topological polar surface area (TPSA) is 81.2 Å². The van der Waals surface area contributed by atoms with Crippen LogP contribution >= 0.6 is 0 Å². The van der Waals surface area contributed by atoms with E-state index in [2.05, 4.69) is 63.6 Å². The summed E-state index contributed by atoms with van der Waals surface area (Å²) < 4.78 is 14.3. The Morgan fingerprint density at radius 1 is 1.06 bits per heavy atom. The van der Waals surface area contributed by atoms with Gasteiger partial charge in [0.15, 0.2) is 0 Å². The minimum absolute atomic E-state index is 0.439. The van der Waals surface area contributed by atoms with Gasteiger partial charge in [0.1, 0.15) is 23.2 Å². The van der Waals surface area contributed by atoms with Crippen molar-refractivity contribution in [3.63, 3.8) is 0 Å². The minimum atomic E-state index is 0.439. The Balaban J connectivity index is 1.70. The van der Waals surface area contributed by atoms with Crippen LogP contribution in [0.2, 0.25) is 0 Å². The van der Waals surface area contributed by atoms with Crippen LogP contribution in [0.3, 0.4) is 0 Å². The summed E-state index contributed by atoms with van der Waals surface area (Å²) in [5.74, 6) is 1.80. The third-order valence-corrected chi connectivity index (χ3v) is 5.49. The first kappa shape index (κ1) is 21.7. The fourth-order valence-corrected chi connectivity index (χ4v) is 3.99. The van der Waals surface area contributed by atoms with Crippen LogP contribution in [0.15, 0.2) is 71.7 Å². The van der Waals surface area contributed by atoms with Crippen molar-refractivity contribution in [3.05, 3.63) is 72.8 Å². The second kappa shape index (κ2) is 8.99. The molecule has 0 bridgehead atoms. The van der Waals surface area contributed by atoms with Crippen molar-refractivity contribution in [3.8, 4) is 34.1 Å². The zero-order chi connectivity index (χ0) is 23.7. The highest BCUT2D eigenvalue weighted by Crippen LogP contribution is 2.44. The Morgan fingerprint density at radius 3 is 2.59 bits per heavy atom. The number of aryl methyl sites for hydroxylation is 1. The van der Waals surface area contributed by atoms with Gasteiger partial charge in [-0.05, 0) is 55.6 Å². The van der Waals surface area contributed by atoms with E-state index >= 15 is 0 Å².